The maximum absolute atomic E-state index is 12.4. The van der Waals surface area contributed by atoms with Gasteiger partial charge in [-0.05, 0) is 49.9 Å². The Bertz CT molecular complexity index is 957. The highest BCUT2D eigenvalue weighted by Crippen LogP contribution is 2.45. The molecule has 5 heteroatoms. The molecule has 1 amide bonds. The number of carbonyl (C=O) groups is 1. The Labute approximate surface area is 165 Å². The van der Waals surface area contributed by atoms with Gasteiger partial charge in [-0.15, -0.1) is 0 Å². The lowest BCUT2D eigenvalue weighted by Crippen LogP contribution is -2.27. The SMILES string of the molecule is CC(NC(=O)CCc1c[nH]c2ccccc12)c1ccc(OCC2(C)CC2)cn1. The average Bonchev–Trinajstić information content (AvgIpc) is 3.30. The monoisotopic (exact) mass is 377 g/mol. The number of H-pyrrole nitrogens is 1. The Morgan fingerprint density at radius 1 is 1.29 bits per heavy atom. The van der Waals surface area contributed by atoms with Crippen molar-refractivity contribution in [2.45, 2.75) is 45.6 Å². The van der Waals surface area contributed by atoms with Crippen LogP contribution in [-0.4, -0.2) is 22.5 Å². The van der Waals surface area contributed by atoms with Crippen LogP contribution in [-0.2, 0) is 11.2 Å². The van der Waals surface area contributed by atoms with E-state index in [2.05, 4.69) is 28.3 Å². The topological polar surface area (TPSA) is 67.0 Å². The smallest absolute Gasteiger partial charge is 0.220 e. The van der Waals surface area contributed by atoms with Gasteiger partial charge in [0.05, 0.1) is 24.5 Å². The van der Waals surface area contributed by atoms with Crippen LogP contribution in [0.5, 0.6) is 5.75 Å². The Hall–Kier alpha value is -2.82. The number of benzene rings is 1. The van der Waals surface area contributed by atoms with Gasteiger partial charge in [-0.25, -0.2) is 0 Å². The summed E-state index contributed by atoms with van der Waals surface area (Å²) < 4.78 is 5.81. The molecule has 2 aromatic heterocycles. The molecule has 1 aliphatic rings. The molecule has 28 heavy (non-hydrogen) atoms. The van der Waals surface area contributed by atoms with Crippen molar-refractivity contribution in [3.05, 3.63) is 60.0 Å². The highest BCUT2D eigenvalue weighted by atomic mass is 16.5. The number of pyridine rings is 1. The Kier molecular flexibility index (Phi) is 5.07. The van der Waals surface area contributed by atoms with Crippen molar-refractivity contribution in [1.29, 1.82) is 0 Å². The molecule has 0 spiro atoms. The highest BCUT2D eigenvalue weighted by molar-refractivity contribution is 5.84. The van der Waals surface area contributed by atoms with E-state index in [9.17, 15) is 4.79 Å². The van der Waals surface area contributed by atoms with Gasteiger partial charge in [0, 0.05) is 28.9 Å². The van der Waals surface area contributed by atoms with Crippen molar-refractivity contribution >= 4 is 16.8 Å². The van der Waals surface area contributed by atoms with E-state index < -0.39 is 0 Å². The Morgan fingerprint density at radius 3 is 2.86 bits per heavy atom. The summed E-state index contributed by atoms with van der Waals surface area (Å²) in [6.45, 7) is 4.94. The predicted molar refractivity (Wildman–Crippen MR) is 110 cm³/mol. The number of nitrogens with zero attached hydrogens (tertiary/aromatic N) is 1. The van der Waals surface area contributed by atoms with E-state index in [0.717, 1.165) is 23.6 Å². The zero-order chi connectivity index (χ0) is 19.6. The number of hydrogen-bond donors (Lipinski definition) is 2. The van der Waals surface area contributed by atoms with E-state index in [-0.39, 0.29) is 11.9 Å². The number of ether oxygens (including phenoxy) is 1. The molecule has 5 nitrogen and oxygen atoms in total. The van der Waals surface area contributed by atoms with E-state index in [1.165, 1.54) is 23.8 Å². The summed E-state index contributed by atoms with van der Waals surface area (Å²) in [5.74, 6) is 0.816. The Morgan fingerprint density at radius 2 is 2.11 bits per heavy atom. The number of para-hydroxylation sites is 1. The van der Waals surface area contributed by atoms with Crippen LogP contribution in [0.2, 0.25) is 0 Å². The number of carbonyl (C=O) groups excluding carboxylic acids is 1. The van der Waals surface area contributed by atoms with Crippen LogP contribution >= 0.6 is 0 Å². The van der Waals surface area contributed by atoms with Crippen molar-refractivity contribution in [1.82, 2.24) is 15.3 Å². The quantitative estimate of drug-likeness (QED) is 0.605. The summed E-state index contributed by atoms with van der Waals surface area (Å²) in [6, 6.07) is 11.9. The number of aromatic amines is 1. The van der Waals surface area contributed by atoms with Crippen LogP contribution < -0.4 is 10.1 Å². The number of fused-ring (bicyclic) bond motifs is 1. The van der Waals surface area contributed by atoms with Gasteiger partial charge in [-0.1, -0.05) is 25.1 Å². The molecule has 1 saturated carbocycles. The molecule has 0 bridgehead atoms. The van der Waals surface area contributed by atoms with E-state index in [1.54, 1.807) is 6.20 Å². The lowest BCUT2D eigenvalue weighted by molar-refractivity contribution is -0.121. The molecule has 1 unspecified atom stereocenters. The third kappa shape index (κ3) is 4.35. The van der Waals surface area contributed by atoms with Gasteiger partial charge in [0.1, 0.15) is 5.75 Å². The Balaban J connectivity index is 1.27. The summed E-state index contributed by atoms with van der Waals surface area (Å²) in [6.07, 6.45) is 7.37. The molecule has 0 aliphatic heterocycles. The zero-order valence-corrected chi connectivity index (χ0v) is 16.5. The van der Waals surface area contributed by atoms with Gasteiger partial charge in [0.2, 0.25) is 5.91 Å². The van der Waals surface area contributed by atoms with Gasteiger partial charge in [0.15, 0.2) is 0 Å². The lowest BCUT2D eigenvalue weighted by Gasteiger charge is -2.15. The molecule has 4 rings (SSSR count). The molecule has 1 aliphatic carbocycles. The largest absolute Gasteiger partial charge is 0.491 e. The van der Waals surface area contributed by atoms with Gasteiger partial charge in [-0.2, -0.15) is 0 Å². The standard InChI is InChI=1S/C23H27N3O2/c1-16(20-9-8-18(14-25-20)28-15-23(2)11-12-23)26-22(27)10-7-17-13-24-21-6-4-3-5-19(17)21/h3-6,8-9,13-14,16,24H,7,10-12,15H2,1-2H3,(H,26,27). The van der Waals surface area contributed by atoms with Crippen molar-refractivity contribution in [2.24, 2.45) is 5.41 Å². The van der Waals surface area contributed by atoms with Crippen LogP contribution in [0.3, 0.4) is 0 Å². The second kappa shape index (κ2) is 7.66. The second-order valence-electron chi connectivity index (χ2n) is 8.17. The molecule has 1 fully saturated rings. The van der Waals surface area contributed by atoms with Gasteiger partial charge in [0.25, 0.3) is 0 Å². The van der Waals surface area contributed by atoms with Crippen LogP contribution in [0.25, 0.3) is 10.9 Å². The third-order valence-corrected chi connectivity index (χ3v) is 5.57. The minimum absolute atomic E-state index is 0.0292. The number of amides is 1. The molecule has 0 saturated heterocycles. The van der Waals surface area contributed by atoms with Crippen molar-refractivity contribution in [2.75, 3.05) is 6.61 Å². The molecular formula is C23H27N3O2. The van der Waals surface area contributed by atoms with Crippen LogP contribution in [0.4, 0.5) is 0 Å². The van der Waals surface area contributed by atoms with Gasteiger partial charge < -0.3 is 15.0 Å². The second-order valence-corrected chi connectivity index (χ2v) is 8.17. The number of aromatic nitrogens is 2. The molecule has 2 heterocycles. The molecule has 2 N–H and O–H groups in total. The molecule has 146 valence electrons. The fourth-order valence-electron chi connectivity index (χ4n) is 3.32. The highest BCUT2D eigenvalue weighted by Gasteiger charge is 2.38. The van der Waals surface area contributed by atoms with Crippen LogP contribution in [0, 0.1) is 5.41 Å². The van der Waals surface area contributed by atoms with Crippen LogP contribution in [0.15, 0.2) is 48.8 Å². The molecule has 3 aromatic rings. The fourth-order valence-corrected chi connectivity index (χ4v) is 3.32. The average molecular weight is 377 g/mol. The number of nitrogens with one attached hydrogen (secondary N) is 2. The maximum atomic E-state index is 12.4. The predicted octanol–water partition coefficient (Wildman–Crippen LogP) is 4.55. The molecule has 1 aromatic carbocycles. The van der Waals surface area contributed by atoms with Gasteiger partial charge >= 0.3 is 0 Å². The molecular weight excluding hydrogens is 350 g/mol. The number of hydrogen-bond acceptors (Lipinski definition) is 3. The first-order valence-electron chi connectivity index (χ1n) is 9.96. The van der Waals surface area contributed by atoms with Crippen LogP contribution in [0.1, 0.15) is 50.4 Å². The maximum Gasteiger partial charge on any atom is 0.220 e. The normalized spacial score (nSPS) is 15.9. The minimum Gasteiger partial charge on any atom is -0.491 e. The van der Waals surface area contributed by atoms with E-state index in [1.807, 2.05) is 43.5 Å². The fraction of sp³-hybridized carbons (Fsp3) is 0.391. The first-order valence-corrected chi connectivity index (χ1v) is 9.96. The third-order valence-electron chi connectivity index (χ3n) is 5.57. The molecule has 1 atom stereocenters. The van der Waals surface area contributed by atoms with E-state index >= 15 is 0 Å². The van der Waals surface area contributed by atoms with E-state index in [4.69, 9.17) is 4.74 Å². The summed E-state index contributed by atoms with van der Waals surface area (Å²) in [4.78, 5) is 20.1. The first kappa shape index (κ1) is 18.5. The summed E-state index contributed by atoms with van der Waals surface area (Å²) in [7, 11) is 0. The van der Waals surface area contributed by atoms with Gasteiger partial charge in [-0.3, -0.25) is 9.78 Å². The lowest BCUT2D eigenvalue weighted by atomic mass is 10.1. The molecule has 0 radical (unpaired) electrons. The minimum atomic E-state index is -0.134. The summed E-state index contributed by atoms with van der Waals surface area (Å²) in [5, 5.41) is 4.22. The number of rotatable bonds is 8. The zero-order valence-electron chi connectivity index (χ0n) is 16.5. The number of aryl methyl sites for hydroxylation is 1. The van der Waals surface area contributed by atoms with Crippen molar-refractivity contribution in [3.8, 4) is 5.75 Å². The van der Waals surface area contributed by atoms with Crippen molar-refractivity contribution < 1.29 is 9.53 Å². The summed E-state index contributed by atoms with van der Waals surface area (Å²) >= 11 is 0. The van der Waals surface area contributed by atoms with Crippen molar-refractivity contribution in [3.63, 3.8) is 0 Å². The summed E-state index contributed by atoms with van der Waals surface area (Å²) in [5.41, 5.74) is 3.46. The van der Waals surface area contributed by atoms with E-state index in [0.29, 0.717) is 18.3 Å². The first-order chi connectivity index (χ1) is 13.5.